The summed E-state index contributed by atoms with van der Waals surface area (Å²) in [6, 6.07) is 5.69. The molecule has 0 radical (unpaired) electrons. The molecule has 0 fully saturated rings. The van der Waals surface area contributed by atoms with E-state index in [1.165, 1.54) is 0 Å². The van der Waals surface area contributed by atoms with Gasteiger partial charge in [0.2, 0.25) is 0 Å². The molecule has 0 saturated heterocycles. The number of phenols is 1. The molecule has 1 heterocycles. The second-order valence-corrected chi connectivity index (χ2v) is 4.17. The van der Waals surface area contributed by atoms with Gasteiger partial charge in [0.1, 0.15) is 5.75 Å². The topological polar surface area (TPSA) is 60.4 Å². The minimum Gasteiger partial charge on any atom is -0.508 e. The third kappa shape index (κ3) is 1.77. The quantitative estimate of drug-likeness (QED) is 0.780. The summed E-state index contributed by atoms with van der Waals surface area (Å²) in [6.07, 6.45) is 2.02. The van der Waals surface area contributed by atoms with Crippen LogP contribution in [0.3, 0.4) is 0 Å². The molecule has 0 aliphatic heterocycles. The van der Waals surface area contributed by atoms with Gasteiger partial charge < -0.3 is 9.67 Å². The third-order valence-electron chi connectivity index (χ3n) is 2.69. The van der Waals surface area contributed by atoms with Crippen molar-refractivity contribution in [2.75, 3.05) is 0 Å². The summed E-state index contributed by atoms with van der Waals surface area (Å²) < 4.78 is 2.14. The molecule has 0 bridgehead atoms. The lowest BCUT2D eigenvalue weighted by atomic mass is 10.2. The van der Waals surface area contributed by atoms with E-state index in [9.17, 15) is 5.11 Å². The van der Waals surface area contributed by atoms with Crippen molar-refractivity contribution in [2.45, 2.75) is 26.5 Å². The molecular formula is C12H16N2O2. The van der Waals surface area contributed by atoms with Gasteiger partial charge in [0.15, 0.2) is 0 Å². The Kier molecular flexibility index (Phi) is 2.85. The normalized spacial score (nSPS) is 11.5. The largest absolute Gasteiger partial charge is 0.508 e. The number of aromatic hydroxyl groups is 1. The fourth-order valence-electron chi connectivity index (χ4n) is 1.95. The minimum atomic E-state index is 0.257. The molecule has 0 unspecified atom stereocenters. The van der Waals surface area contributed by atoms with E-state index in [1.807, 2.05) is 12.3 Å². The zero-order valence-electron chi connectivity index (χ0n) is 9.47. The summed E-state index contributed by atoms with van der Waals surface area (Å²) in [5.41, 5.74) is 2.07. The molecule has 1 aromatic heterocycles. The van der Waals surface area contributed by atoms with Crippen molar-refractivity contribution in [3.05, 3.63) is 30.0 Å². The van der Waals surface area contributed by atoms with Gasteiger partial charge in [0.05, 0.1) is 6.61 Å². The first-order valence-corrected chi connectivity index (χ1v) is 5.27. The molecule has 3 N–H and O–H groups in total. The predicted octanol–water partition coefficient (Wildman–Crippen LogP) is 2.32. The van der Waals surface area contributed by atoms with Gasteiger partial charge in [0.25, 0.3) is 0 Å². The molecular weight excluding hydrogens is 204 g/mol. The predicted molar refractivity (Wildman–Crippen MR) is 63.0 cm³/mol. The number of hydrogen-bond acceptors (Lipinski definition) is 3. The molecule has 86 valence electrons. The molecule has 16 heavy (non-hydrogen) atoms. The van der Waals surface area contributed by atoms with E-state index < -0.39 is 0 Å². The number of phenolic OH excluding ortho intramolecular Hbond substituents is 1. The van der Waals surface area contributed by atoms with Crippen molar-refractivity contribution in [3.8, 4) is 5.75 Å². The van der Waals surface area contributed by atoms with E-state index >= 15 is 0 Å². The molecule has 2 aromatic rings. The summed E-state index contributed by atoms with van der Waals surface area (Å²) in [7, 11) is 0. The number of nitrogens with two attached hydrogens (primary N) is 1. The molecule has 0 aliphatic carbocycles. The van der Waals surface area contributed by atoms with Crippen molar-refractivity contribution in [2.24, 2.45) is 5.90 Å². The van der Waals surface area contributed by atoms with Crippen LogP contribution in [0, 0.1) is 0 Å². The number of aromatic nitrogens is 1. The van der Waals surface area contributed by atoms with Crippen LogP contribution in [0.2, 0.25) is 0 Å². The van der Waals surface area contributed by atoms with E-state index in [0.717, 1.165) is 16.5 Å². The van der Waals surface area contributed by atoms with Gasteiger partial charge >= 0.3 is 0 Å². The highest BCUT2D eigenvalue weighted by Crippen LogP contribution is 2.28. The van der Waals surface area contributed by atoms with Gasteiger partial charge in [0, 0.05) is 28.7 Å². The highest BCUT2D eigenvalue weighted by molar-refractivity contribution is 5.85. The smallest absolute Gasteiger partial charge is 0.116 e. The SMILES string of the molecule is CC(C)n1cc(CON)c2cc(O)ccc21. The Morgan fingerprint density at radius 3 is 2.81 bits per heavy atom. The van der Waals surface area contributed by atoms with Gasteiger partial charge in [-0.1, -0.05) is 0 Å². The number of benzene rings is 1. The van der Waals surface area contributed by atoms with E-state index in [0.29, 0.717) is 12.6 Å². The van der Waals surface area contributed by atoms with Crippen molar-refractivity contribution < 1.29 is 9.94 Å². The van der Waals surface area contributed by atoms with Gasteiger partial charge in [-0.05, 0) is 32.0 Å². The van der Waals surface area contributed by atoms with Crippen molar-refractivity contribution in [1.29, 1.82) is 0 Å². The lowest BCUT2D eigenvalue weighted by molar-refractivity contribution is 0.125. The maximum absolute atomic E-state index is 9.49. The van der Waals surface area contributed by atoms with Crippen LogP contribution < -0.4 is 5.90 Å². The Bertz CT molecular complexity index is 503. The maximum Gasteiger partial charge on any atom is 0.116 e. The van der Waals surface area contributed by atoms with Gasteiger partial charge in [-0.2, -0.15) is 0 Å². The second-order valence-electron chi connectivity index (χ2n) is 4.17. The number of fused-ring (bicyclic) bond motifs is 1. The zero-order chi connectivity index (χ0) is 11.7. The molecule has 0 amide bonds. The van der Waals surface area contributed by atoms with Crippen LogP contribution in [0.4, 0.5) is 0 Å². The van der Waals surface area contributed by atoms with Crippen molar-refractivity contribution >= 4 is 10.9 Å². The van der Waals surface area contributed by atoms with E-state index in [-0.39, 0.29) is 5.75 Å². The van der Waals surface area contributed by atoms with Crippen LogP contribution >= 0.6 is 0 Å². The summed E-state index contributed by atoms with van der Waals surface area (Å²) in [5.74, 6) is 5.36. The summed E-state index contributed by atoms with van der Waals surface area (Å²) in [6.45, 7) is 4.57. The van der Waals surface area contributed by atoms with E-state index in [2.05, 4.69) is 23.3 Å². The Hall–Kier alpha value is -1.52. The molecule has 4 nitrogen and oxygen atoms in total. The Morgan fingerprint density at radius 1 is 1.44 bits per heavy atom. The summed E-state index contributed by atoms with van der Waals surface area (Å²) >= 11 is 0. The van der Waals surface area contributed by atoms with Crippen molar-refractivity contribution in [3.63, 3.8) is 0 Å². The number of rotatable bonds is 3. The Morgan fingerprint density at radius 2 is 2.19 bits per heavy atom. The molecule has 2 rings (SSSR count). The first kappa shape index (κ1) is 11.0. The van der Waals surface area contributed by atoms with Gasteiger partial charge in [-0.3, -0.25) is 4.84 Å². The van der Waals surface area contributed by atoms with Crippen LogP contribution in [0.25, 0.3) is 10.9 Å². The van der Waals surface area contributed by atoms with Gasteiger partial charge in [-0.25, -0.2) is 5.90 Å². The minimum absolute atomic E-state index is 0.257. The second kappa shape index (κ2) is 4.15. The lowest BCUT2D eigenvalue weighted by Crippen LogP contribution is -1.99. The number of hydrogen-bond donors (Lipinski definition) is 2. The van der Waals surface area contributed by atoms with Crippen LogP contribution in [-0.4, -0.2) is 9.67 Å². The fraction of sp³-hybridized carbons (Fsp3) is 0.333. The average Bonchev–Trinajstić information content (AvgIpc) is 2.58. The molecule has 0 saturated carbocycles. The van der Waals surface area contributed by atoms with E-state index in [4.69, 9.17) is 5.90 Å². The standard InChI is InChI=1S/C12H16N2O2/c1-8(2)14-6-9(7-16-13)11-5-10(15)3-4-12(11)14/h3-6,8,15H,7,13H2,1-2H3. The van der Waals surface area contributed by atoms with Crippen LogP contribution in [0.5, 0.6) is 5.75 Å². The highest BCUT2D eigenvalue weighted by Gasteiger charge is 2.10. The highest BCUT2D eigenvalue weighted by atomic mass is 16.6. The van der Waals surface area contributed by atoms with Crippen LogP contribution in [-0.2, 0) is 11.4 Å². The summed E-state index contributed by atoms with van der Waals surface area (Å²) in [5, 5.41) is 10.5. The lowest BCUT2D eigenvalue weighted by Gasteiger charge is -2.08. The monoisotopic (exact) mass is 220 g/mol. The fourth-order valence-corrected chi connectivity index (χ4v) is 1.95. The van der Waals surface area contributed by atoms with Gasteiger partial charge in [-0.15, -0.1) is 0 Å². The maximum atomic E-state index is 9.49. The molecule has 4 heteroatoms. The molecule has 1 aromatic carbocycles. The molecule has 0 spiro atoms. The molecule has 0 atom stereocenters. The first-order valence-electron chi connectivity index (χ1n) is 5.27. The first-order chi connectivity index (χ1) is 7.63. The number of nitrogens with zero attached hydrogens (tertiary/aromatic N) is 1. The van der Waals surface area contributed by atoms with Crippen LogP contribution in [0.1, 0.15) is 25.5 Å². The average molecular weight is 220 g/mol. The Labute approximate surface area is 94.2 Å². The third-order valence-corrected chi connectivity index (χ3v) is 2.69. The molecule has 0 aliphatic rings. The van der Waals surface area contributed by atoms with Crippen LogP contribution in [0.15, 0.2) is 24.4 Å². The Balaban J connectivity index is 2.66. The summed E-state index contributed by atoms with van der Waals surface area (Å²) in [4.78, 5) is 4.67. The zero-order valence-corrected chi connectivity index (χ0v) is 9.47. The van der Waals surface area contributed by atoms with E-state index in [1.54, 1.807) is 12.1 Å². The van der Waals surface area contributed by atoms with Crippen molar-refractivity contribution in [1.82, 2.24) is 4.57 Å².